The minimum absolute atomic E-state index is 0.498. The Bertz CT molecular complexity index is 824. The van der Waals surface area contributed by atoms with Crippen LogP contribution in [-0.4, -0.2) is 51.8 Å². The van der Waals surface area contributed by atoms with Crippen LogP contribution in [0.4, 0.5) is 0 Å². The summed E-state index contributed by atoms with van der Waals surface area (Å²) in [5, 5.41) is 3.43. The Morgan fingerprint density at radius 1 is 1.03 bits per heavy atom. The molecule has 0 aliphatic carbocycles. The fourth-order valence-electron chi connectivity index (χ4n) is 3.75. The molecule has 1 unspecified atom stereocenters. The van der Waals surface area contributed by atoms with Gasteiger partial charge >= 0.3 is 0 Å². The summed E-state index contributed by atoms with van der Waals surface area (Å²) >= 11 is 0. The van der Waals surface area contributed by atoms with E-state index in [0.29, 0.717) is 24.0 Å². The smallest absolute Gasteiger partial charge is 0.194 e. The maximum Gasteiger partial charge on any atom is 0.194 e. The highest BCUT2D eigenvalue weighted by Crippen LogP contribution is 2.35. The van der Waals surface area contributed by atoms with Crippen molar-refractivity contribution in [3.05, 3.63) is 53.6 Å². The van der Waals surface area contributed by atoms with Crippen molar-refractivity contribution < 1.29 is 14.2 Å². The Morgan fingerprint density at radius 2 is 1.72 bits per heavy atom. The first-order valence-corrected chi connectivity index (χ1v) is 10.1. The van der Waals surface area contributed by atoms with Crippen LogP contribution in [0.2, 0.25) is 0 Å². The van der Waals surface area contributed by atoms with Crippen molar-refractivity contribution in [1.29, 1.82) is 0 Å². The minimum Gasteiger partial charge on any atom is -0.496 e. The molecule has 156 valence electrons. The van der Waals surface area contributed by atoms with Crippen molar-refractivity contribution in [2.75, 3.05) is 41.0 Å². The molecular weight excluding hydrogens is 366 g/mol. The second-order valence-corrected chi connectivity index (χ2v) is 7.03. The third-order valence-electron chi connectivity index (χ3n) is 5.28. The highest BCUT2D eigenvalue weighted by Gasteiger charge is 2.26. The summed E-state index contributed by atoms with van der Waals surface area (Å²) in [6.45, 7) is 5.39. The minimum atomic E-state index is 0.498. The molecule has 0 aromatic heterocycles. The van der Waals surface area contributed by atoms with Gasteiger partial charge in [-0.05, 0) is 25.0 Å². The molecule has 2 aromatic carbocycles. The molecular formula is C23H31N3O3. The Labute approximate surface area is 173 Å². The van der Waals surface area contributed by atoms with Gasteiger partial charge in [0.05, 0.1) is 27.9 Å². The van der Waals surface area contributed by atoms with Gasteiger partial charge in [0.15, 0.2) is 17.5 Å². The van der Waals surface area contributed by atoms with Gasteiger partial charge in [0.2, 0.25) is 0 Å². The van der Waals surface area contributed by atoms with Crippen molar-refractivity contribution in [3.8, 4) is 17.2 Å². The highest BCUT2D eigenvalue weighted by molar-refractivity contribution is 5.80. The Hall–Kier alpha value is -2.89. The van der Waals surface area contributed by atoms with E-state index in [2.05, 4.69) is 47.5 Å². The van der Waals surface area contributed by atoms with Gasteiger partial charge in [0.25, 0.3) is 0 Å². The number of likely N-dealkylation sites (tertiary alicyclic amines) is 1. The molecule has 0 amide bonds. The number of hydrogen-bond acceptors (Lipinski definition) is 4. The van der Waals surface area contributed by atoms with E-state index in [1.807, 2.05) is 12.1 Å². The summed E-state index contributed by atoms with van der Waals surface area (Å²) in [5.41, 5.74) is 2.35. The quantitative estimate of drug-likeness (QED) is 0.571. The number of hydrogen-bond donors (Lipinski definition) is 1. The summed E-state index contributed by atoms with van der Waals surface area (Å²) in [5.74, 6) is 3.53. The maximum absolute atomic E-state index is 5.54. The van der Waals surface area contributed by atoms with Crippen LogP contribution in [-0.2, 0) is 6.54 Å². The lowest BCUT2D eigenvalue weighted by atomic mass is 9.99. The lowest BCUT2D eigenvalue weighted by molar-refractivity contribution is 0.347. The van der Waals surface area contributed by atoms with Crippen LogP contribution in [0.25, 0.3) is 0 Å². The molecule has 6 heteroatoms. The average Bonchev–Trinajstić information content (AvgIpc) is 3.26. The fourth-order valence-corrected chi connectivity index (χ4v) is 3.75. The molecule has 3 rings (SSSR count). The predicted molar refractivity (Wildman–Crippen MR) is 116 cm³/mol. The largest absolute Gasteiger partial charge is 0.496 e. The van der Waals surface area contributed by atoms with Gasteiger partial charge in [0, 0.05) is 37.2 Å². The molecule has 0 spiro atoms. The topological polar surface area (TPSA) is 55.3 Å². The highest BCUT2D eigenvalue weighted by atomic mass is 16.5. The predicted octanol–water partition coefficient (Wildman–Crippen LogP) is 3.67. The Balaban J connectivity index is 1.78. The van der Waals surface area contributed by atoms with E-state index in [9.17, 15) is 0 Å². The molecule has 1 N–H and O–H groups in total. The monoisotopic (exact) mass is 397 g/mol. The van der Waals surface area contributed by atoms with Crippen molar-refractivity contribution in [2.45, 2.75) is 25.8 Å². The van der Waals surface area contributed by atoms with E-state index in [0.717, 1.165) is 43.3 Å². The summed E-state index contributed by atoms with van der Waals surface area (Å²) in [4.78, 5) is 7.23. The fraction of sp³-hybridized carbons (Fsp3) is 0.435. The van der Waals surface area contributed by atoms with E-state index in [-0.39, 0.29) is 0 Å². The number of nitrogens with one attached hydrogen (secondary N) is 1. The second-order valence-electron chi connectivity index (χ2n) is 7.03. The number of aliphatic imine (C=N–C) groups is 1. The second kappa shape index (κ2) is 10.0. The SMILES string of the molecule is CCNC(=NCc1cc(OC)c(OC)cc1OC)N1CCC(c2ccccc2)C1. The zero-order valence-electron chi connectivity index (χ0n) is 17.8. The van der Waals surface area contributed by atoms with E-state index < -0.39 is 0 Å². The van der Waals surface area contributed by atoms with E-state index in [1.165, 1.54) is 5.56 Å². The molecule has 2 aromatic rings. The van der Waals surface area contributed by atoms with Crippen LogP contribution in [0.5, 0.6) is 17.2 Å². The first-order valence-electron chi connectivity index (χ1n) is 10.1. The third kappa shape index (κ3) is 4.94. The zero-order chi connectivity index (χ0) is 20.6. The van der Waals surface area contributed by atoms with Crippen LogP contribution in [0.15, 0.2) is 47.5 Å². The van der Waals surface area contributed by atoms with Crippen LogP contribution in [0.3, 0.4) is 0 Å². The zero-order valence-corrected chi connectivity index (χ0v) is 17.8. The molecule has 0 radical (unpaired) electrons. The molecule has 0 saturated carbocycles. The Kier molecular flexibility index (Phi) is 7.22. The van der Waals surface area contributed by atoms with Gasteiger partial charge in [0.1, 0.15) is 5.75 Å². The summed E-state index contributed by atoms with van der Waals surface area (Å²) < 4.78 is 16.4. The van der Waals surface area contributed by atoms with E-state index >= 15 is 0 Å². The number of methoxy groups -OCH3 is 3. The van der Waals surface area contributed by atoms with Crippen molar-refractivity contribution in [1.82, 2.24) is 10.2 Å². The maximum atomic E-state index is 5.54. The summed E-state index contributed by atoms with van der Waals surface area (Å²) in [6, 6.07) is 14.5. The standard InChI is InChI=1S/C23H31N3O3/c1-5-24-23(26-12-11-18(16-26)17-9-7-6-8-10-17)25-15-19-13-21(28-3)22(29-4)14-20(19)27-2/h6-10,13-14,18H,5,11-12,15-16H2,1-4H3,(H,24,25). The molecule has 0 bridgehead atoms. The lowest BCUT2D eigenvalue weighted by Gasteiger charge is -2.22. The van der Waals surface area contributed by atoms with Crippen molar-refractivity contribution in [3.63, 3.8) is 0 Å². The van der Waals surface area contributed by atoms with Gasteiger partial charge in [-0.25, -0.2) is 4.99 Å². The molecule has 1 atom stereocenters. The van der Waals surface area contributed by atoms with Crippen LogP contribution in [0.1, 0.15) is 30.4 Å². The summed E-state index contributed by atoms with van der Waals surface area (Å²) in [6.07, 6.45) is 1.13. The average molecular weight is 398 g/mol. The molecule has 1 aliphatic heterocycles. The third-order valence-corrected chi connectivity index (χ3v) is 5.28. The summed E-state index contributed by atoms with van der Waals surface area (Å²) in [7, 11) is 4.91. The van der Waals surface area contributed by atoms with Gasteiger partial charge in [-0.2, -0.15) is 0 Å². The number of nitrogens with zero attached hydrogens (tertiary/aromatic N) is 2. The van der Waals surface area contributed by atoms with Crippen molar-refractivity contribution in [2.24, 2.45) is 4.99 Å². The van der Waals surface area contributed by atoms with Gasteiger partial charge in [-0.3, -0.25) is 0 Å². The van der Waals surface area contributed by atoms with E-state index in [4.69, 9.17) is 19.2 Å². The molecule has 6 nitrogen and oxygen atoms in total. The van der Waals surface area contributed by atoms with Crippen LogP contribution in [0, 0.1) is 0 Å². The number of ether oxygens (including phenoxy) is 3. The normalized spacial score (nSPS) is 16.6. The number of guanidine groups is 1. The van der Waals surface area contributed by atoms with Crippen LogP contribution >= 0.6 is 0 Å². The first-order chi connectivity index (χ1) is 14.2. The number of rotatable bonds is 7. The molecule has 1 heterocycles. The van der Waals surface area contributed by atoms with Gasteiger partial charge in [-0.15, -0.1) is 0 Å². The molecule has 1 aliphatic rings. The van der Waals surface area contributed by atoms with Crippen LogP contribution < -0.4 is 19.5 Å². The molecule has 1 fully saturated rings. The number of benzene rings is 2. The van der Waals surface area contributed by atoms with E-state index in [1.54, 1.807) is 21.3 Å². The van der Waals surface area contributed by atoms with Gasteiger partial charge < -0.3 is 24.4 Å². The van der Waals surface area contributed by atoms with Crippen molar-refractivity contribution >= 4 is 5.96 Å². The Morgan fingerprint density at radius 3 is 2.38 bits per heavy atom. The molecule has 29 heavy (non-hydrogen) atoms. The lowest BCUT2D eigenvalue weighted by Crippen LogP contribution is -2.40. The van der Waals surface area contributed by atoms with Gasteiger partial charge in [-0.1, -0.05) is 30.3 Å². The first kappa shape index (κ1) is 20.8. The molecule has 1 saturated heterocycles.